The van der Waals surface area contributed by atoms with Gasteiger partial charge in [-0.15, -0.1) is 0 Å². The van der Waals surface area contributed by atoms with Crippen molar-refractivity contribution in [3.8, 4) is 0 Å². The molecule has 0 radical (unpaired) electrons. The van der Waals surface area contributed by atoms with Crippen LogP contribution >= 0.6 is 11.6 Å². The lowest BCUT2D eigenvalue weighted by molar-refractivity contribution is 0.103. The third kappa shape index (κ3) is 3.49. The molecule has 0 fully saturated rings. The van der Waals surface area contributed by atoms with Crippen molar-refractivity contribution < 1.29 is 4.79 Å². The summed E-state index contributed by atoms with van der Waals surface area (Å²) >= 11 is 5.99. The highest BCUT2D eigenvalue weighted by Crippen LogP contribution is 2.19. The van der Waals surface area contributed by atoms with Crippen molar-refractivity contribution in [2.45, 2.75) is 27.2 Å². The van der Waals surface area contributed by atoms with E-state index < -0.39 is 0 Å². The third-order valence-electron chi connectivity index (χ3n) is 3.28. The van der Waals surface area contributed by atoms with E-state index in [9.17, 15) is 4.79 Å². The van der Waals surface area contributed by atoms with Gasteiger partial charge in [0.1, 0.15) is 0 Å². The van der Waals surface area contributed by atoms with Gasteiger partial charge in [-0.05, 0) is 48.6 Å². The van der Waals surface area contributed by atoms with Crippen LogP contribution in [-0.4, -0.2) is 5.78 Å². The van der Waals surface area contributed by atoms with Crippen molar-refractivity contribution in [2.75, 3.05) is 0 Å². The van der Waals surface area contributed by atoms with E-state index in [-0.39, 0.29) is 5.78 Å². The minimum absolute atomic E-state index is 0.0425. The number of rotatable bonds is 4. The van der Waals surface area contributed by atoms with Gasteiger partial charge in [0.2, 0.25) is 0 Å². The summed E-state index contributed by atoms with van der Waals surface area (Å²) in [7, 11) is 0. The molecule has 0 saturated carbocycles. The molecule has 0 saturated heterocycles. The molecule has 0 heterocycles. The highest BCUT2D eigenvalue weighted by molar-refractivity contribution is 6.31. The Balaban J connectivity index is 2.22. The number of carbonyl (C=O) groups is 1. The molecule has 2 heteroatoms. The second-order valence-corrected chi connectivity index (χ2v) is 6.00. The zero-order valence-electron chi connectivity index (χ0n) is 12.1. The van der Waals surface area contributed by atoms with Crippen molar-refractivity contribution in [1.29, 1.82) is 0 Å². The number of benzene rings is 2. The minimum Gasteiger partial charge on any atom is -0.289 e. The normalized spacial score (nSPS) is 10.8. The van der Waals surface area contributed by atoms with Gasteiger partial charge in [0.15, 0.2) is 5.78 Å². The van der Waals surface area contributed by atoms with Gasteiger partial charge in [0.25, 0.3) is 0 Å². The van der Waals surface area contributed by atoms with Gasteiger partial charge in [0.05, 0.1) is 0 Å². The van der Waals surface area contributed by atoms with Crippen LogP contribution in [0.4, 0.5) is 0 Å². The number of carbonyl (C=O) groups excluding carboxylic acids is 1. The standard InChI is InChI=1S/C18H19ClO/c1-12(2)10-14-4-6-15(7-5-14)18(20)16-8-9-17(19)13(3)11-16/h4-9,11-12H,10H2,1-3H3. The average Bonchev–Trinajstić information content (AvgIpc) is 2.41. The van der Waals surface area contributed by atoms with Gasteiger partial charge < -0.3 is 0 Å². The molecule has 0 bridgehead atoms. The Labute approximate surface area is 125 Å². The van der Waals surface area contributed by atoms with Crippen LogP contribution in [-0.2, 0) is 6.42 Å². The van der Waals surface area contributed by atoms with Crippen LogP contribution in [0.1, 0.15) is 40.9 Å². The van der Waals surface area contributed by atoms with Gasteiger partial charge in [-0.3, -0.25) is 4.79 Å². The maximum absolute atomic E-state index is 12.4. The van der Waals surface area contributed by atoms with E-state index in [1.807, 2.05) is 37.3 Å². The first-order valence-electron chi connectivity index (χ1n) is 6.87. The van der Waals surface area contributed by atoms with Crippen molar-refractivity contribution >= 4 is 17.4 Å². The van der Waals surface area contributed by atoms with Crippen molar-refractivity contribution in [1.82, 2.24) is 0 Å². The molecular formula is C18H19ClO. The molecule has 0 spiro atoms. The summed E-state index contributed by atoms with van der Waals surface area (Å²) in [5.41, 5.74) is 3.60. The minimum atomic E-state index is 0.0425. The number of ketones is 1. The van der Waals surface area contributed by atoms with E-state index in [2.05, 4.69) is 13.8 Å². The smallest absolute Gasteiger partial charge is 0.193 e. The number of hydrogen-bond acceptors (Lipinski definition) is 1. The molecule has 2 aromatic rings. The van der Waals surface area contributed by atoms with Crippen LogP contribution in [0.15, 0.2) is 42.5 Å². The Morgan fingerprint density at radius 3 is 2.20 bits per heavy atom. The second-order valence-electron chi connectivity index (χ2n) is 5.59. The van der Waals surface area contributed by atoms with E-state index in [4.69, 9.17) is 11.6 Å². The van der Waals surface area contributed by atoms with Gasteiger partial charge in [-0.2, -0.15) is 0 Å². The van der Waals surface area contributed by atoms with E-state index in [0.29, 0.717) is 16.5 Å². The molecule has 2 rings (SSSR count). The lowest BCUT2D eigenvalue weighted by Crippen LogP contribution is -2.02. The number of halogens is 1. The van der Waals surface area contributed by atoms with Crippen molar-refractivity contribution in [2.24, 2.45) is 5.92 Å². The quantitative estimate of drug-likeness (QED) is 0.717. The third-order valence-corrected chi connectivity index (χ3v) is 3.70. The molecule has 0 aliphatic carbocycles. The Kier molecular flexibility index (Phi) is 4.61. The van der Waals surface area contributed by atoms with Crippen LogP contribution in [0.25, 0.3) is 0 Å². The summed E-state index contributed by atoms with van der Waals surface area (Å²) in [4.78, 5) is 12.4. The van der Waals surface area contributed by atoms with Crippen LogP contribution in [0.2, 0.25) is 5.02 Å². The maximum atomic E-state index is 12.4. The number of aryl methyl sites for hydroxylation is 1. The van der Waals surface area contributed by atoms with E-state index in [1.54, 1.807) is 12.1 Å². The largest absolute Gasteiger partial charge is 0.289 e. The highest BCUT2D eigenvalue weighted by Gasteiger charge is 2.10. The molecule has 0 aliphatic rings. The second kappa shape index (κ2) is 6.23. The topological polar surface area (TPSA) is 17.1 Å². The summed E-state index contributed by atoms with van der Waals surface area (Å²) in [6.07, 6.45) is 1.04. The SMILES string of the molecule is Cc1cc(C(=O)c2ccc(CC(C)C)cc2)ccc1Cl. The van der Waals surface area contributed by atoms with Crippen LogP contribution in [0, 0.1) is 12.8 Å². The van der Waals surface area contributed by atoms with E-state index in [1.165, 1.54) is 5.56 Å². The molecule has 1 nitrogen and oxygen atoms in total. The van der Waals surface area contributed by atoms with Crippen LogP contribution < -0.4 is 0 Å². The monoisotopic (exact) mass is 286 g/mol. The Morgan fingerprint density at radius 1 is 1.05 bits per heavy atom. The molecule has 20 heavy (non-hydrogen) atoms. The predicted molar refractivity (Wildman–Crippen MR) is 84.6 cm³/mol. The predicted octanol–water partition coefficient (Wildman–Crippen LogP) is 5.08. The molecule has 2 aromatic carbocycles. The first kappa shape index (κ1) is 14.8. The van der Waals surface area contributed by atoms with E-state index in [0.717, 1.165) is 17.5 Å². The Bertz CT molecular complexity index is 612. The Morgan fingerprint density at radius 2 is 1.65 bits per heavy atom. The molecule has 0 N–H and O–H groups in total. The zero-order chi connectivity index (χ0) is 14.7. The van der Waals surface area contributed by atoms with Gasteiger partial charge >= 0.3 is 0 Å². The van der Waals surface area contributed by atoms with Crippen LogP contribution in [0.3, 0.4) is 0 Å². The lowest BCUT2D eigenvalue weighted by Gasteiger charge is -2.07. The highest BCUT2D eigenvalue weighted by atomic mass is 35.5. The fourth-order valence-corrected chi connectivity index (χ4v) is 2.33. The average molecular weight is 287 g/mol. The van der Waals surface area contributed by atoms with Gasteiger partial charge in [-0.1, -0.05) is 49.7 Å². The lowest BCUT2D eigenvalue weighted by atomic mass is 9.98. The van der Waals surface area contributed by atoms with Crippen molar-refractivity contribution in [3.05, 3.63) is 69.7 Å². The number of hydrogen-bond donors (Lipinski definition) is 0. The molecule has 0 aliphatic heterocycles. The molecule has 0 aromatic heterocycles. The fraction of sp³-hybridized carbons (Fsp3) is 0.278. The van der Waals surface area contributed by atoms with E-state index >= 15 is 0 Å². The first-order chi connectivity index (χ1) is 9.47. The molecule has 104 valence electrons. The summed E-state index contributed by atoms with van der Waals surface area (Å²) in [6, 6.07) is 13.3. The fourth-order valence-electron chi connectivity index (χ4n) is 2.22. The molecule has 0 atom stereocenters. The zero-order valence-corrected chi connectivity index (χ0v) is 12.9. The maximum Gasteiger partial charge on any atom is 0.193 e. The van der Waals surface area contributed by atoms with Crippen molar-refractivity contribution in [3.63, 3.8) is 0 Å². The summed E-state index contributed by atoms with van der Waals surface area (Å²) < 4.78 is 0. The van der Waals surface area contributed by atoms with Gasteiger partial charge in [0, 0.05) is 16.1 Å². The molecule has 0 amide bonds. The first-order valence-corrected chi connectivity index (χ1v) is 7.25. The molecule has 0 unspecified atom stereocenters. The van der Waals surface area contributed by atoms with Crippen LogP contribution in [0.5, 0.6) is 0 Å². The summed E-state index contributed by atoms with van der Waals surface area (Å²) in [6.45, 7) is 6.29. The molecular weight excluding hydrogens is 268 g/mol. The van der Waals surface area contributed by atoms with Gasteiger partial charge in [-0.25, -0.2) is 0 Å². The summed E-state index contributed by atoms with van der Waals surface area (Å²) in [5.74, 6) is 0.663. The summed E-state index contributed by atoms with van der Waals surface area (Å²) in [5, 5.41) is 0.689. The Hall–Kier alpha value is -1.60.